The number of ether oxygens (including phenoxy) is 2. The van der Waals surface area contributed by atoms with Crippen molar-refractivity contribution in [3.05, 3.63) is 54.4 Å². The molecule has 3 aromatic rings. The highest BCUT2D eigenvalue weighted by molar-refractivity contribution is 8.00. The number of Topliss-reactive ketones (excluding diaryl/α,β-unsaturated/α-hetero) is 1. The SMILES string of the molecule is COc1ccc(OC)c(C(=O)CSc2ncnc3ccccc23)c1. The molecule has 24 heavy (non-hydrogen) atoms. The van der Waals surface area contributed by atoms with Crippen LogP contribution in [0.4, 0.5) is 0 Å². The number of fused-ring (bicyclic) bond motifs is 1. The topological polar surface area (TPSA) is 61.3 Å². The van der Waals surface area contributed by atoms with Crippen molar-refractivity contribution in [1.82, 2.24) is 9.97 Å². The number of ketones is 1. The number of thioether (sulfide) groups is 1. The molecule has 0 aliphatic carbocycles. The van der Waals surface area contributed by atoms with Gasteiger partial charge in [-0.3, -0.25) is 4.79 Å². The van der Waals surface area contributed by atoms with Gasteiger partial charge in [0.05, 0.1) is 31.1 Å². The van der Waals surface area contributed by atoms with Crippen LogP contribution >= 0.6 is 11.8 Å². The molecule has 1 heterocycles. The third-order valence-electron chi connectivity index (χ3n) is 3.55. The second kappa shape index (κ2) is 7.31. The van der Waals surface area contributed by atoms with Gasteiger partial charge in [0.2, 0.25) is 0 Å². The molecule has 0 saturated heterocycles. The van der Waals surface area contributed by atoms with Crippen LogP contribution in [0.25, 0.3) is 10.9 Å². The van der Waals surface area contributed by atoms with Crippen molar-refractivity contribution in [3.63, 3.8) is 0 Å². The minimum atomic E-state index is -0.0431. The van der Waals surface area contributed by atoms with Crippen LogP contribution in [0.2, 0.25) is 0 Å². The van der Waals surface area contributed by atoms with E-state index >= 15 is 0 Å². The standard InChI is InChI=1S/C18H16N2O3S/c1-22-12-7-8-17(23-2)14(9-12)16(21)10-24-18-13-5-3-4-6-15(13)19-11-20-18/h3-9,11H,10H2,1-2H3. The van der Waals surface area contributed by atoms with Crippen molar-refractivity contribution in [2.24, 2.45) is 0 Å². The van der Waals surface area contributed by atoms with Crippen LogP contribution in [0.3, 0.4) is 0 Å². The minimum absolute atomic E-state index is 0.0431. The Hall–Kier alpha value is -2.60. The molecule has 0 amide bonds. The Bertz CT molecular complexity index is 878. The van der Waals surface area contributed by atoms with Crippen LogP contribution in [0, 0.1) is 0 Å². The zero-order valence-electron chi connectivity index (χ0n) is 13.4. The number of methoxy groups -OCH3 is 2. The first-order valence-corrected chi connectivity index (χ1v) is 8.29. The van der Waals surface area contributed by atoms with Crippen LogP contribution in [0.5, 0.6) is 11.5 Å². The summed E-state index contributed by atoms with van der Waals surface area (Å²) in [5, 5.41) is 1.73. The largest absolute Gasteiger partial charge is 0.497 e. The molecule has 2 aromatic carbocycles. The highest BCUT2D eigenvalue weighted by atomic mass is 32.2. The van der Waals surface area contributed by atoms with Crippen LogP contribution < -0.4 is 9.47 Å². The summed E-state index contributed by atoms with van der Waals surface area (Å²) in [4.78, 5) is 21.1. The van der Waals surface area contributed by atoms with Gasteiger partial charge in [0.1, 0.15) is 22.9 Å². The number of aromatic nitrogens is 2. The summed E-state index contributed by atoms with van der Waals surface area (Å²) in [7, 11) is 3.11. The lowest BCUT2D eigenvalue weighted by molar-refractivity contribution is 0.101. The fraction of sp³-hybridized carbons (Fsp3) is 0.167. The summed E-state index contributed by atoms with van der Waals surface area (Å²) in [5.41, 5.74) is 1.36. The van der Waals surface area contributed by atoms with Gasteiger partial charge in [-0.2, -0.15) is 0 Å². The summed E-state index contributed by atoms with van der Waals surface area (Å²) in [6.45, 7) is 0. The fourth-order valence-electron chi connectivity index (χ4n) is 2.34. The molecule has 0 aliphatic heterocycles. The number of carbonyl (C=O) groups is 1. The molecule has 0 N–H and O–H groups in total. The molecule has 0 fully saturated rings. The van der Waals surface area contributed by atoms with Gasteiger partial charge < -0.3 is 9.47 Å². The molecule has 0 radical (unpaired) electrons. The zero-order valence-corrected chi connectivity index (χ0v) is 14.2. The maximum absolute atomic E-state index is 12.6. The van der Waals surface area contributed by atoms with E-state index in [2.05, 4.69) is 9.97 Å². The normalized spacial score (nSPS) is 10.6. The van der Waals surface area contributed by atoms with Crippen molar-refractivity contribution in [2.45, 2.75) is 5.03 Å². The first-order chi connectivity index (χ1) is 11.7. The average Bonchev–Trinajstić information content (AvgIpc) is 2.65. The first kappa shape index (κ1) is 16.3. The summed E-state index contributed by atoms with van der Waals surface area (Å²) in [6, 6.07) is 12.9. The van der Waals surface area contributed by atoms with Crippen LogP contribution in [0.1, 0.15) is 10.4 Å². The smallest absolute Gasteiger partial charge is 0.176 e. The lowest BCUT2D eigenvalue weighted by Crippen LogP contribution is -2.06. The monoisotopic (exact) mass is 340 g/mol. The molecule has 0 aliphatic rings. The second-order valence-corrected chi connectivity index (χ2v) is 5.94. The van der Waals surface area contributed by atoms with Crippen molar-refractivity contribution in [3.8, 4) is 11.5 Å². The Labute approximate surface area is 144 Å². The van der Waals surface area contributed by atoms with Crippen molar-refractivity contribution in [2.75, 3.05) is 20.0 Å². The number of hydrogen-bond acceptors (Lipinski definition) is 6. The van der Waals surface area contributed by atoms with E-state index in [-0.39, 0.29) is 11.5 Å². The summed E-state index contributed by atoms with van der Waals surface area (Å²) in [5.74, 6) is 1.37. The van der Waals surface area contributed by atoms with Gasteiger partial charge in [-0.15, -0.1) is 0 Å². The molecule has 122 valence electrons. The minimum Gasteiger partial charge on any atom is -0.497 e. The molecule has 3 rings (SSSR count). The Morgan fingerprint density at radius 1 is 1.08 bits per heavy atom. The van der Waals surface area contributed by atoms with Crippen LogP contribution in [-0.4, -0.2) is 35.7 Å². The number of para-hydroxylation sites is 1. The Morgan fingerprint density at radius 2 is 1.92 bits per heavy atom. The van der Waals surface area contributed by atoms with Crippen molar-refractivity contribution >= 4 is 28.4 Å². The maximum atomic E-state index is 12.6. The number of carbonyl (C=O) groups excluding carboxylic acids is 1. The molecular weight excluding hydrogens is 324 g/mol. The van der Waals surface area contributed by atoms with Gasteiger partial charge in [0, 0.05) is 5.39 Å². The van der Waals surface area contributed by atoms with Gasteiger partial charge in [-0.05, 0) is 24.3 Å². The Morgan fingerprint density at radius 3 is 2.71 bits per heavy atom. The van der Waals surface area contributed by atoms with Gasteiger partial charge >= 0.3 is 0 Å². The lowest BCUT2D eigenvalue weighted by atomic mass is 10.1. The zero-order chi connectivity index (χ0) is 16.9. The maximum Gasteiger partial charge on any atom is 0.176 e. The van der Waals surface area contributed by atoms with E-state index < -0.39 is 0 Å². The van der Waals surface area contributed by atoms with Crippen molar-refractivity contribution < 1.29 is 14.3 Å². The highest BCUT2D eigenvalue weighted by Gasteiger charge is 2.15. The third-order valence-corrected chi connectivity index (χ3v) is 4.56. The van der Waals surface area contributed by atoms with E-state index in [1.165, 1.54) is 18.1 Å². The third kappa shape index (κ3) is 3.33. The first-order valence-electron chi connectivity index (χ1n) is 7.30. The Kier molecular flexibility index (Phi) is 4.96. The lowest BCUT2D eigenvalue weighted by Gasteiger charge is -2.10. The molecule has 1 aromatic heterocycles. The number of benzene rings is 2. The van der Waals surface area contributed by atoms with Gasteiger partial charge in [0.25, 0.3) is 0 Å². The molecule has 6 heteroatoms. The average molecular weight is 340 g/mol. The number of nitrogens with zero attached hydrogens (tertiary/aromatic N) is 2. The predicted octanol–water partition coefficient (Wildman–Crippen LogP) is 3.62. The molecule has 0 spiro atoms. The van der Waals surface area contributed by atoms with E-state index in [0.29, 0.717) is 17.1 Å². The highest BCUT2D eigenvalue weighted by Crippen LogP contribution is 2.28. The summed E-state index contributed by atoms with van der Waals surface area (Å²) < 4.78 is 10.5. The quantitative estimate of drug-likeness (QED) is 0.388. The molecule has 0 atom stereocenters. The second-order valence-electron chi connectivity index (χ2n) is 4.97. The van der Waals surface area contributed by atoms with Gasteiger partial charge in [-0.25, -0.2) is 9.97 Å². The Balaban J connectivity index is 1.83. The van der Waals surface area contributed by atoms with E-state index in [4.69, 9.17) is 9.47 Å². The van der Waals surface area contributed by atoms with Crippen LogP contribution in [0.15, 0.2) is 53.8 Å². The van der Waals surface area contributed by atoms with Crippen molar-refractivity contribution in [1.29, 1.82) is 0 Å². The fourth-order valence-corrected chi connectivity index (χ4v) is 3.21. The van der Waals surface area contributed by atoms with E-state index in [0.717, 1.165) is 15.9 Å². The molecule has 0 saturated carbocycles. The number of hydrogen-bond donors (Lipinski definition) is 0. The summed E-state index contributed by atoms with van der Waals surface area (Å²) >= 11 is 1.39. The van der Waals surface area contributed by atoms with Gasteiger partial charge in [-0.1, -0.05) is 30.0 Å². The van der Waals surface area contributed by atoms with E-state index in [1.54, 1.807) is 32.4 Å². The molecule has 0 unspecified atom stereocenters. The molecule has 0 bridgehead atoms. The molecule has 5 nitrogen and oxygen atoms in total. The number of rotatable bonds is 6. The van der Waals surface area contributed by atoms with E-state index in [1.807, 2.05) is 24.3 Å². The van der Waals surface area contributed by atoms with E-state index in [9.17, 15) is 4.79 Å². The predicted molar refractivity (Wildman–Crippen MR) is 94.1 cm³/mol. The van der Waals surface area contributed by atoms with Gasteiger partial charge in [0.15, 0.2) is 5.78 Å². The van der Waals surface area contributed by atoms with Crippen LogP contribution in [-0.2, 0) is 0 Å². The summed E-state index contributed by atoms with van der Waals surface area (Å²) in [6.07, 6.45) is 1.52. The molecular formula is C18H16N2O3S.